The Morgan fingerprint density at radius 1 is 1.10 bits per heavy atom. The second-order valence-corrected chi connectivity index (χ2v) is 6.55. The molecule has 2 N–H and O–H groups in total. The van der Waals surface area contributed by atoms with Gasteiger partial charge >= 0.3 is 0 Å². The predicted molar refractivity (Wildman–Crippen MR) is 107 cm³/mol. The molecule has 0 saturated heterocycles. The summed E-state index contributed by atoms with van der Waals surface area (Å²) in [7, 11) is 0. The van der Waals surface area contributed by atoms with Crippen LogP contribution in [0.25, 0.3) is 11.0 Å². The first-order valence-corrected chi connectivity index (χ1v) is 9.27. The molecule has 0 aliphatic heterocycles. The molecule has 29 heavy (non-hydrogen) atoms. The Bertz CT molecular complexity index is 1090. The lowest BCUT2D eigenvalue weighted by Crippen LogP contribution is -2.32. The molecule has 2 amide bonds. The van der Waals surface area contributed by atoms with Gasteiger partial charge in [-0.15, -0.1) is 0 Å². The van der Waals surface area contributed by atoms with E-state index >= 15 is 0 Å². The van der Waals surface area contributed by atoms with Crippen LogP contribution in [0.1, 0.15) is 29.3 Å². The summed E-state index contributed by atoms with van der Waals surface area (Å²) >= 11 is 0. The number of fused-ring (bicyclic) bond motifs is 1. The second-order valence-electron chi connectivity index (χ2n) is 6.55. The minimum atomic E-state index is -0.419. The topological polar surface area (TPSA) is 93.1 Å². The lowest BCUT2D eigenvalue weighted by Gasteiger charge is -2.11. The number of hydrogen-bond acceptors (Lipinski definition) is 4. The van der Waals surface area contributed by atoms with Crippen molar-refractivity contribution in [2.45, 2.75) is 26.4 Å². The van der Waals surface area contributed by atoms with E-state index in [0.29, 0.717) is 23.1 Å². The molecule has 7 nitrogen and oxygen atoms in total. The first-order valence-electron chi connectivity index (χ1n) is 9.27. The molecule has 1 aromatic heterocycles. The summed E-state index contributed by atoms with van der Waals surface area (Å²) in [5.74, 6) is -0.934. The molecule has 150 valence electrons. The Kier molecular flexibility index (Phi) is 6.33. The molecule has 0 aliphatic carbocycles. The largest absolute Gasteiger partial charge is 0.352 e. The smallest absolute Gasteiger partial charge is 0.269 e. The zero-order chi connectivity index (χ0) is 20.8. The maximum Gasteiger partial charge on any atom is 0.269 e. The fourth-order valence-corrected chi connectivity index (χ4v) is 2.82. The van der Waals surface area contributed by atoms with E-state index in [1.54, 1.807) is 30.3 Å². The number of amides is 2. The molecular formula is C21H21FN4O3. The zero-order valence-corrected chi connectivity index (χ0v) is 15.9. The molecule has 8 heteroatoms. The van der Waals surface area contributed by atoms with Gasteiger partial charge in [0.2, 0.25) is 5.91 Å². The van der Waals surface area contributed by atoms with Crippen molar-refractivity contribution in [3.8, 4) is 0 Å². The Morgan fingerprint density at radius 2 is 1.86 bits per heavy atom. The minimum absolute atomic E-state index is 0.194. The molecule has 3 aromatic rings. The van der Waals surface area contributed by atoms with Crippen LogP contribution in [0.5, 0.6) is 0 Å². The van der Waals surface area contributed by atoms with E-state index in [9.17, 15) is 18.8 Å². The van der Waals surface area contributed by atoms with E-state index in [4.69, 9.17) is 0 Å². The summed E-state index contributed by atoms with van der Waals surface area (Å²) in [5.41, 5.74) is 1.66. The highest BCUT2D eigenvalue weighted by Gasteiger charge is 2.12. The van der Waals surface area contributed by atoms with Gasteiger partial charge in [0.1, 0.15) is 12.4 Å². The number of carbonyl (C=O) groups is 2. The SMILES string of the molecule is CCCNC(=O)c1ccc2c(c1)ncc(=O)n2CC(=O)NCc1ccc(F)cc1. The van der Waals surface area contributed by atoms with E-state index in [1.807, 2.05) is 6.92 Å². The molecule has 0 unspecified atom stereocenters. The van der Waals surface area contributed by atoms with Crippen molar-refractivity contribution in [3.63, 3.8) is 0 Å². The molecular weight excluding hydrogens is 375 g/mol. The van der Waals surface area contributed by atoms with Gasteiger partial charge in [-0.25, -0.2) is 9.37 Å². The van der Waals surface area contributed by atoms with Gasteiger partial charge in [-0.2, -0.15) is 0 Å². The van der Waals surface area contributed by atoms with Gasteiger partial charge < -0.3 is 10.6 Å². The second kappa shape index (κ2) is 9.09. The molecule has 0 saturated carbocycles. The first-order chi connectivity index (χ1) is 14.0. The van der Waals surface area contributed by atoms with Crippen molar-refractivity contribution in [2.24, 2.45) is 0 Å². The molecule has 0 aliphatic rings. The Labute approximate surface area is 166 Å². The average molecular weight is 396 g/mol. The molecule has 0 fully saturated rings. The lowest BCUT2D eigenvalue weighted by atomic mass is 10.1. The number of carbonyl (C=O) groups excluding carboxylic acids is 2. The highest BCUT2D eigenvalue weighted by molar-refractivity contribution is 5.97. The van der Waals surface area contributed by atoms with Crippen molar-refractivity contribution in [1.29, 1.82) is 0 Å². The number of halogens is 1. The molecule has 2 aromatic carbocycles. The van der Waals surface area contributed by atoms with Crippen LogP contribution in [0, 0.1) is 5.82 Å². The molecule has 0 spiro atoms. The quantitative estimate of drug-likeness (QED) is 0.639. The van der Waals surface area contributed by atoms with Crippen LogP contribution in [-0.2, 0) is 17.9 Å². The average Bonchev–Trinajstić information content (AvgIpc) is 2.73. The highest BCUT2D eigenvalue weighted by Crippen LogP contribution is 2.12. The van der Waals surface area contributed by atoms with Crippen molar-refractivity contribution in [1.82, 2.24) is 20.2 Å². The van der Waals surface area contributed by atoms with Crippen LogP contribution >= 0.6 is 0 Å². The first kappa shape index (κ1) is 20.2. The normalized spacial score (nSPS) is 10.7. The van der Waals surface area contributed by atoms with E-state index < -0.39 is 5.56 Å². The van der Waals surface area contributed by atoms with Gasteiger partial charge in [0.25, 0.3) is 11.5 Å². The summed E-state index contributed by atoms with van der Waals surface area (Å²) < 4.78 is 14.3. The van der Waals surface area contributed by atoms with Crippen LogP contribution in [-0.4, -0.2) is 27.9 Å². The fourth-order valence-electron chi connectivity index (χ4n) is 2.82. The van der Waals surface area contributed by atoms with E-state index in [-0.39, 0.29) is 30.7 Å². The minimum Gasteiger partial charge on any atom is -0.352 e. The van der Waals surface area contributed by atoms with Crippen LogP contribution in [0.4, 0.5) is 4.39 Å². The maximum absolute atomic E-state index is 12.9. The molecule has 3 rings (SSSR count). The number of benzene rings is 2. The van der Waals surface area contributed by atoms with E-state index in [2.05, 4.69) is 15.6 Å². The molecule has 0 bridgehead atoms. The highest BCUT2D eigenvalue weighted by atomic mass is 19.1. The monoisotopic (exact) mass is 396 g/mol. The van der Waals surface area contributed by atoms with Gasteiger partial charge in [-0.05, 0) is 42.3 Å². The Balaban J connectivity index is 1.76. The summed E-state index contributed by atoms with van der Waals surface area (Å²) in [4.78, 5) is 40.8. The standard InChI is InChI=1S/C21H21FN4O3/c1-2-9-23-21(29)15-5-8-18-17(10-15)24-12-20(28)26(18)13-19(27)25-11-14-3-6-16(22)7-4-14/h3-8,10,12H,2,9,11,13H2,1H3,(H,23,29)(H,25,27). The third kappa shape index (κ3) is 5.04. The lowest BCUT2D eigenvalue weighted by molar-refractivity contribution is -0.121. The van der Waals surface area contributed by atoms with E-state index in [0.717, 1.165) is 18.2 Å². The number of aromatic nitrogens is 2. The van der Waals surface area contributed by atoms with Gasteiger partial charge in [0.15, 0.2) is 0 Å². The summed E-state index contributed by atoms with van der Waals surface area (Å²) in [6.07, 6.45) is 1.95. The van der Waals surface area contributed by atoms with Gasteiger partial charge in [-0.1, -0.05) is 19.1 Å². The number of nitrogens with one attached hydrogen (secondary N) is 2. The number of rotatable bonds is 7. The number of nitrogens with zero attached hydrogens (tertiary/aromatic N) is 2. The van der Waals surface area contributed by atoms with Gasteiger partial charge in [0, 0.05) is 18.7 Å². The summed E-state index contributed by atoms with van der Waals surface area (Å²) in [5, 5.41) is 5.49. The van der Waals surface area contributed by atoms with Crippen molar-refractivity contribution >= 4 is 22.8 Å². The molecule has 0 atom stereocenters. The third-order valence-electron chi connectivity index (χ3n) is 4.35. The van der Waals surface area contributed by atoms with Crippen molar-refractivity contribution in [3.05, 3.63) is 76.0 Å². The number of hydrogen-bond donors (Lipinski definition) is 2. The van der Waals surface area contributed by atoms with Crippen LogP contribution < -0.4 is 16.2 Å². The maximum atomic E-state index is 12.9. The fraction of sp³-hybridized carbons (Fsp3) is 0.238. The van der Waals surface area contributed by atoms with Crippen molar-refractivity contribution in [2.75, 3.05) is 6.54 Å². The summed E-state index contributed by atoms with van der Waals surface area (Å²) in [6, 6.07) is 10.6. The van der Waals surface area contributed by atoms with E-state index in [1.165, 1.54) is 16.7 Å². The van der Waals surface area contributed by atoms with Crippen molar-refractivity contribution < 1.29 is 14.0 Å². The zero-order valence-electron chi connectivity index (χ0n) is 15.9. The Morgan fingerprint density at radius 3 is 2.59 bits per heavy atom. The van der Waals surface area contributed by atoms with Crippen LogP contribution in [0.3, 0.4) is 0 Å². The molecule has 0 radical (unpaired) electrons. The predicted octanol–water partition coefficient (Wildman–Crippen LogP) is 1.99. The van der Waals surface area contributed by atoms with Crippen LogP contribution in [0.15, 0.2) is 53.5 Å². The molecule has 1 heterocycles. The van der Waals surface area contributed by atoms with Crippen LogP contribution in [0.2, 0.25) is 0 Å². The van der Waals surface area contributed by atoms with Gasteiger partial charge in [0.05, 0.1) is 17.2 Å². The van der Waals surface area contributed by atoms with Gasteiger partial charge in [-0.3, -0.25) is 19.0 Å². The summed E-state index contributed by atoms with van der Waals surface area (Å²) in [6.45, 7) is 2.55. The third-order valence-corrected chi connectivity index (χ3v) is 4.35. The Hall–Kier alpha value is -3.55.